The van der Waals surface area contributed by atoms with Gasteiger partial charge in [0.05, 0.1) is 13.0 Å². The summed E-state index contributed by atoms with van der Waals surface area (Å²) in [5.74, 6) is 1.35. The van der Waals surface area contributed by atoms with Crippen molar-refractivity contribution in [1.82, 2.24) is 20.5 Å². The van der Waals surface area contributed by atoms with Crippen LogP contribution in [-0.2, 0) is 11.2 Å². The lowest BCUT2D eigenvalue weighted by Crippen LogP contribution is -2.30. The van der Waals surface area contributed by atoms with E-state index in [4.69, 9.17) is 4.74 Å². The van der Waals surface area contributed by atoms with Gasteiger partial charge in [-0.15, -0.1) is 0 Å². The first-order valence-corrected chi connectivity index (χ1v) is 6.46. The molecule has 1 aromatic heterocycles. The molecule has 1 amide bonds. The quantitative estimate of drug-likeness (QED) is 0.831. The molecule has 0 unspecified atom stereocenters. The molecule has 6 nitrogen and oxygen atoms in total. The van der Waals surface area contributed by atoms with Crippen molar-refractivity contribution >= 4 is 5.91 Å². The lowest BCUT2D eigenvalue weighted by atomic mass is 10.0. The first-order valence-electron chi connectivity index (χ1n) is 6.46. The number of aromatic amines is 1. The molecule has 0 saturated carbocycles. The van der Waals surface area contributed by atoms with Crippen molar-refractivity contribution in [1.29, 1.82) is 0 Å². The van der Waals surface area contributed by atoms with E-state index in [1.54, 1.807) is 7.11 Å². The Morgan fingerprint density at radius 1 is 1.40 bits per heavy atom. The van der Waals surface area contributed by atoms with Gasteiger partial charge in [0, 0.05) is 13.0 Å². The minimum Gasteiger partial charge on any atom is -0.497 e. The zero-order valence-corrected chi connectivity index (χ0v) is 11.6. The molecule has 0 spiro atoms. The Morgan fingerprint density at radius 3 is 2.75 bits per heavy atom. The highest BCUT2D eigenvalue weighted by Crippen LogP contribution is 2.19. The van der Waals surface area contributed by atoms with Crippen LogP contribution in [0.25, 0.3) is 0 Å². The molecule has 0 aliphatic heterocycles. The first-order chi connectivity index (χ1) is 9.70. The Labute approximate surface area is 117 Å². The van der Waals surface area contributed by atoms with Crippen molar-refractivity contribution in [3.05, 3.63) is 42.0 Å². The van der Waals surface area contributed by atoms with Crippen molar-refractivity contribution in [3.8, 4) is 5.75 Å². The number of hydrogen-bond acceptors (Lipinski definition) is 4. The van der Waals surface area contributed by atoms with Crippen LogP contribution < -0.4 is 10.1 Å². The molecule has 1 aromatic carbocycles. The van der Waals surface area contributed by atoms with E-state index in [1.807, 2.05) is 31.2 Å². The number of amides is 1. The molecule has 2 rings (SSSR count). The van der Waals surface area contributed by atoms with Crippen LogP contribution in [0.5, 0.6) is 5.75 Å². The highest BCUT2D eigenvalue weighted by Gasteiger charge is 2.14. The van der Waals surface area contributed by atoms with Crippen molar-refractivity contribution in [2.24, 2.45) is 0 Å². The fourth-order valence-corrected chi connectivity index (χ4v) is 1.85. The van der Waals surface area contributed by atoms with Crippen LogP contribution in [0, 0.1) is 0 Å². The van der Waals surface area contributed by atoms with Crippen LogP contribution in [0.2, 0.25) is 0 Å². The van der Waals surface area contributed by atoms with Gasteiger partial charge in [0.25, 0.3) is 0 Å². The Balaban J connectivity index is 1.84. The minimum atomic E-state index is -0.198. The average Bonchev–Trinajstić information content (AvgIpc) is 2.99. The predicted molar refractivity (Wildman–Crippen MR) is 74.5 cm³/mol. The molecule has 0 saturated heterocycles. The number of carbonyl (C=O) groups excluding carboxylic acids is 1. The van der Waals surface area contributed by atoms with Crippen LogP contribution in [0.3, 0.4) is 0 Å². The number of H-pyrrole nitrogens is 1. The maximum Gasteiger partial charge on any atom is 0.227 e. The monoisotopic (exact) mass is 274 g/mol. The van der Waals surface area contributed by atoms with Crippen molar-refractivity contribution < 1.29 is 9.53 Å². The van der Waals surface area contributed by atoms with E-state index in [-0.39, 0.29) is 11.8 Å². The Kier molecular flexibility index (Phi) is 4.70. The predicted octanol–water partition coefficient (Wildman–Crippen LogP) is 1.28. The second-order valence-corrected chi connectivity index (χ2v) is 4.47. The van der Waals surface area contributed by atoms with Gasteiger partial charge in [-0.3, -0.25) is 9.89 Å². The summed E-state index contributed by atoms with van der Waals surface area (Å²) in [6.07, 6.45) is 2.10. The number of carbonyl (C=O) groups is 1. The molecular formula is C14H18N4O2. The van der Waals surface area contributed by atoms with Crippen molar-refractivity contribution in [2.75, 3.05) is 13.7 Å². The van der Waals surface area contributed by atoms with Crippen LogP contribution >= 0.6 is 0 Å². The topological polar surface area (TPSA) is 79.9 Å². The molecule has 0 fully saturated rings. The summed E-state index contributed by atoms with van der Waals surface area (Å²) in [7, 11) is 1.62. The summed E-state index contributed by atoms with van der Waals surface area (Å²) >= 11 is 0. The van der Waals surface area contributed by atoms with Gasteiger partial charge < -0.3 is 10.1 Å². The lowest BCUT2D eigenvalue weighted by Gasteiger charge is -2.12. The van der Waals surface area contributed by atoms with Gasteiger partial charge in [-0.1, -0.05) is 12.1 Å². The van der Waals surface area contributed by atoms with Crippen molar-refractivity contribution in [2.45, 2.75) is 19.3 Å². The SMILES string of the molecule is COc1ccc([C@@H](C)C(=O)NCCc2ncn[nH]2)cc1. The third kappa shape index (κ3) is 3.57. The molecule has 2 N–H and O–H groups in total. The summed E-state index contributed by atoms with van der Waals surface area (Å²) in [4.78, 5) is 16.0. The van der Waals surface area contributed by atoms with Gasteiger partial charge in [-0.2, -0.15) is 5.10 Å². The highest BCUT2D eigenvalue weighted by molar-refractivity contribution is 5.83. The highest BCUT2D eigenvalue weighted by atomic mass is 16.5. The standard InChI is InChI=1S/C14H18N4O2/c1-10(11-3-5-12(20-2)6-4-11)14(19)15-8-7-13-16-9-17-18-13/h3-6,9-10H,7-8H2,1-2H3,(H,15,19)(H,16,17,18)/t10-/m1/s1. The van der Waals surface area contributed by atoms with Gasteiger partial charge in [0.15, 0.2) is 0 Å². The summed E-state index contributed by atoms with van der Waals surface area (Å²) in [5.41, 5.74) is 0.961. The molecule has 0 bridgehead atoms. The second kappa shape index (κ2) is 6.70. The second-order valence-electron chi connectivity index (χ2n) is 4.47. The number of rotatable bonds is 6. The largest absolute Gasteiger partial charge is 0.497 e. The van der Waals surface area contributed by atoms with Crippen LogP contribution in [-0.4, -0.2) is 34.7 Å². The van der Waals surface area contributed by atoms with Gasteiger partial charge in [0.2, 0.25) is 5.91 Å². The van der Waals surface area contributed by atoms with E-state index < -0.39 is 0 Å². The van der Waals surface area contributed by atoms with E-state index >= 15 is 0 Å². The van der Waals surface area contributed by atoms with E-state index in [0.717, 1.165) is 17.1 Å². The summed E-state index contributed by atoms with van der Waals surface area (Å²) in [6.45, 7) is 2.42. The van der Waals surface area contributed by atoms with E-state index in [9.17, 15) is 4.79 Å². The van der Waals surface area contributed by atoms with Crippen LogP contribution in [0.1, 0.15) is 24.2 Å². The molecule has 20 heavy (non-hydrogen) atoms. The Hall–Kier alpha value is -2.37. The third-order valence-electron chi connectivity index (χ3n) is 3.14. The van der Waals surface area contributed by atoms with E-state index in [0.29, 0.717) is 13.0 Å². The number of benzene rings is 1. The summed E-state index contributed by atoms with van der Waals surface area (Å²) < 4.78 is 5.10. The zero-order chi connectivity index (χ0) is 14.4. The zero-order valence-electron chi connectivity index (χ0n) is 11.6. The molecule has 0 aliphatic rings. The number of nitrogens with one attached hydrogen (secondary N) is 2. The van der Waals surface area contributed by atoms with Gasteiger partial charge >= 0.3 is 0 Å². The van der Waals surface area contributed by atoms with Crippen molar-refractivity contribution in [3.63, 3.8) is 0 Å². The molecule has 0 aliphatic carbocycles. The van der Waals surface area contributed by atoms with Crippen LogP contribution in [0.15, 0.2) is 30.6 Å². The van der Waals surface area contributed by atoms with Gasteiger partial charge in [-0.05, 0) is 24.6 Å². The number of hydrogen-bond donors (Lipinski definition) is 2. The first kappa shape index (κ1) is 14.0. The third-order valence-corrected chi connectivity index (χ3v) is 3.14. The maximum absolute atomic E-state index is 12.0. The van der Waals surface area contributed by atoms with Gasteiger partial charge in [0.1, 0.15) is 17.9 Å². The number of aromatic nitrogens is 3. The fourth-order valence-electron chi connectivity index (χ4n) is 1.85. The summed E-state index contributed by atoms with van der Waals surface area (Å²) in [5, 5.41) is 9.41. The average molecular weight is 274 g/mol. The molecular weight excluding hydrogens is 256 g/mol. The summed E-state index contributed by atoms with van der Waals surface area (Å²) in [6, 6.07) is 7.51. The molecule has 1 atom stereocenters. The van der Waals surface area contributed by atoms with E-state index in [1.165, 1.54) is 6.33 Å². The molecule has 1 heterocycles. The molecule has 106 valence electrons. The van der Waals surface area contributed by atoms with Gasteiger partial charge in [-0.25, -0.2) is 4.98 Å². The minimum absolute atomic E-state index is 0.00492. The van der Waals surface area contributed by atoms with E-state index in [2.05, 4.69) is 20.5 Å². The Bertz CT molecular complexity index is 537. The normalized spacial score (nSPS) is 11.9. The number of ether oxygens (including phenoxy) is 1. The molecule has 6 heteroatoms. The Morgan fingerprint density at radius 2 is 2.15 bits per heavy atom. The molecule has 0 radical (unpaired) electrons. The van der Waals surface area contributed by atoms with Crippen LogP contribution in [0.4, 0.5) is 0 Å². The number of nitrogens with zero attached hydrogens (tertiary/aromatic N) is 2. The smallest absolute Gasteiger partial charge is 0.227 e. The number of methoxy groups -OCH3 is 1. The maximum atomic E-state index is 12.0. The fraction of sp³-hybridized carbons (Fsp3) is 0.357. The molecule has 2 aromatic rings. The lowest BCUT2D eigenvalue weighted by molar-refractivity contribution is -0.122.